The fraction of sp³-hybridized carbons (Fsp3) is 0.200. The van der Waals surface area contributed by atoms with Crippen molar-refractivity contribution in [3.8, 4) is 0 Å². The van der Waals surface area contributed by atoms with Gasteiger partial charge in [0.2, 0.25) is 0 Å². The minimum absolute atomic E-state index is 1.06. The van der Waals surface area contributed by atoms with Crippen molar-refractivity contribution in [3.63, 3.8) is 0 Å². The Hall–Kier alpha value is -1.61. The van der Waals surface area contributed by atoms with Crippen LogP contribution in [0.2, 0.25) is 0 Å². The Morgan fingerprint density at radius 2 is 1.61 bits per heavy atom. The van der Waals surface area contributed by atoms with E-state index in [0.29, 0.717) is 0 Å². The predicted octanol–water partition coefficient (Wildman–Crippen LogP) is 4.63. The minimum atomic E-state index is 1.06. The van der Waals surface area contributed by atoms with Gasteiger partial charge in [0, 0.05) is 4.90 Å². The zero-order chi connectivity index (χ0) is 12.6. The molecule has 0 aliphatic rings. The van der Waals surface area contributed by atoms with Crippen molar-refractivity contribution in [1.82, 2.24) is 0 Å². The van der Waals surface area contributed by atoms with E-state index in [1.165, 1.54) is 11.3 Å². The fourth-order valence-electron chi connectivity index (χ4n) is 1.57. The van der Waals surface area contributed by atoms with Gasteiger partial charge in [-0.15, -0.1) is 11.8 Å². The summed E-state index contributed by atoms with van der Waals surface area (Å²) >= 11 is 1.88. The van der Waals surface area contributed by atoms with Crippen molar-refractivity contribution < 1.29 is 0 Å². The molecule has 2 N–H and O–H groups in total. The van der Waals surface area contributed by atoms with Crippen molar-refractivity contribution in [2.24, 2.45) is 0 Å². The molecule has 0 atom stereocenters. The van der Waals surface area contributed by atoms with E-state index in [9.17, 15) is 0 Å². The van der Waals surface area contributed by atoms with Gasteiger partial charge in [-0.3, -0.25) is 5.43 Å². The topological polar surface area (TPSA) is 24.1 Å². The standard InChI is InChI=1S/C15H18N2S/c1-2-12-18-15-11-7-6-10-14(15)17-16-13-8-4-3-5-9-13/h3-11,16-17H,2,12H2,1H3. The fourth-order valence-corrected chi connectivity index (χ4v) is 2.44. The summed E-state index contributed by atoms with van der Waals surface area (Å²) in [7, 11) is 0. The number of para-hydroxylation sites is 2. The number of hydrazine groups is 1. The van der Waals surface area contributed by atoms with Crippen LogP contribution < -0.4 is 10.9 Å². The lowest BCUT2D eigenvalue weighted by atomic mass is 10.3. The van der Waals surface area contributed by atoms with Gasteiger partial charge >= 0.3 is 0 Å². The van der Waals surface area contributed by atoms with Gasteiger partial charge in [0.25, 0.3) is 0 Å². The highest BCUT2D eigenvalue weighted by Crippen LogP contribution is 2.27. The highest BCUT2D eigenvalue weighted by Gasteiger charge is 2.00. The quantitative estimate of drug-likeness (QED) is 0.583. The molecule has 18 heavy (non-hydrogen) atoms. The number of hydrogen-bond acceptors (Lipinski definition) is 3. The summed E-state index contributed by atoms with van der Waals surface area (Å²) in [5.41, 5.74) is 8.67. The summed E-state index contributed by atoms with van der Waals surface area (Å²) in [6, 6.07) is 18.5. The molecule has 0 aliphatic heterocycles. The number of rotatable bonds is 6. The molecule has 0 radical (unpaired) electrons. The van der Waals surface area contributed by atoms with Crippen molar-refractivity contribution in [3.05, 3.63) is 54.6 Å². The summed E-state index contributed by atoms with van der Waals surface area (Å²) in [6.45, 7) is 2.20. The van der Waals surface area contributed by atoms with E-state index in [4.69, 9.17) is 0 Å². The monoisotopic (exact) mass is 258 g/mol. The van der Waals surface area contributed by atoms with Crippen LogP contribution in [0.15, 0.2) is 59.5 Å². The molecule has 0 spiro atoms. The Bertz CT molecular complexity index is 471. The molecule has 0 unspecified atom stereocenters. The average Bonchev–Trinajstić information content (AvgIpc) is 2.45. The molecule has 2 aromatic rings. The lowest BCUT2D eigenvalue weighted by molar-refractivity contribution is 1.10. The lowest BCUT2D eigenvalue weighted by Gasteiger charge is -2.13. The van der Waals surface area contributed by atoms with Crippen LogP contribution in [0.1, 0.15) is 13.3 Å². The number of nitrogens with one attached hydrogen (secondary N) is 2. The van der Waals surface area contributed by atoms with Gasteiger partial charge < -0.3 is 5.43 Å². The van der Waals surface area contributed by atoms with Gasteiger partial charge in [-0.25, -0.2) is 0 Å². The molecule has 2 rings (SSSR count). The Balaban J connectivity index is 2.00. The molecule has 2 nitrogen and oxygen atoms in total. The lowest BCUT2D eigenvalue weighted by Crippen LogP contribution is -2.09. The average molecular weight is 258 g/mol. The third-order valence-corrected chi connectivity index (χ3v) is 3.74. The third kappa shape index (κ3) is 3.70. The van der Waals surface area contributed by atoms with E-state index in [2.05, 4.69) is 36.0 Å². The maximum atomic E-state index is 3.27. The third-order valence-electron chi connectivity index (χ3n) is 2.46. The summed E-state index contributed by atoms with van der Waals surface area (Å²) in [4.78, 5) is 1.28. The van der Waals surface area contributed by atoms with Crippen LogP contribution in [-0.2, 0) is 0 Å². The Morgan fingerprint density at radius 1 is 0.889 bits per heavy atom. The van der Waals surface area contributed by atoms with E-state index in [-0.39, 0.29) is 0 Å². The maximum absolute atomic E-state index is 3.27. The molecular weight excluding hydrogens is 240 g/mol. The van der Waals surface area contributed by atoms with Gasteiger partial charge in [0.1, 0.15) is 0 Å². The zero-order valence-electron chi connectivity index (χ0n) is 10.5. The molecule has 0 amide bonds. The predicted molar refractivity (Wildman–Crippen MR) is 81.1 cm³/mol. The maximum Gasteiger partial charge on any atom is 0.0675 e. The molecule has 94 valence electrons. The zero-order valence-corrected chi connectivity index (χ0v) is 11.3. The number of benzene rings is 2. The highest BCUT2D eigenvalue weighted by atomic mass is 32.2. The van der Waals surface area contributed by atoms with Crippen molar-refractivity contribution in [1.29, 1.82) is 0 Å². The molecule has 0 aromatic heterocycles. The molecular formula is C15H18N2S. The molecule has 0 fully saturated rings. The number of thioether (sulfide) groups is 1. The summed E-state index contributed by atoms with van der Waals surface area (Å²) in [5.74, 6) is 1.14. The first kappa shape index (κ1) is 12.8. The SMILES string of the molecule is CCCSc1ccccc1NNc1ccccc1. The first-order chi connectivity index (χ1) is 8.90. The molecule has 0 bridgehead atoms. The molecule has 3 heteroatoms. The Morgan fingerprint density at radius 3 is 2.39 bits per heavy atom. The van der Waals surface area contributed by atoms with Crippen LogP contribution in [0.5, 0.6) is 0 Å². The van der Waals surface area contributed by atoms with Crippen LogP contribution in [0, 0.1) is 0 Å². The van der Waals surface area contributed by atoms with Crippen LogP contribution in [-0.4, -0.2) is 5.75 Å². The number of anilines is 2. The molecule has 0 saturated carbocycles. The first-order valence-corrected chi connectivity index (χ1v) is 7.17. The summed E-state index contributed by atoms with van der Waals surface area (Å²) in [5, 5.41) is 0. The first-order valence-electron chi connectivity index (χ1n) is 6.19. The van der Waals surface area contributed by atoms with E-state index >= 15 is 0 Å². The van der Waals surface area contributed by atoms with E-state index < -0.39 is 0 Å². The van der Waals surface area contributed by atoms with Gasteiger partial charge in [-0.05, 0) is 36.4 Å². The van der Waals surface area contributed by atoms with Gasteiger partial charge in [-0.2, -0.15) is 0 Å². The van der Waals surface area contributed by atoms with Crippen LogP contribution in [0.4, 0.5) is 11.4 Å². The normalized spacial score (nSPS) is 10.1. The van der Waals surface area contributed by atoms with Gasteiger partial charge in [-0.1, -0.05) is 37.3 Å². The van der Waals surface area contributed by atoms with Gasteiger partial charge in [0.05, 0.1) is 11.4 Å². The van der Waals surface area contributed by atoms with E-state index in [0.717, 1.165) is 17.1 Å². The summed E-state index contributed by atoms with van der Waals surface area (Å²) < 4.78 is 0. The Labute approximate surface area is 113 Å². The van der Waals surface area contributed by atoms with E-state index in [1.54, 1.807) is 0 Å². The highest BCUT2D eigenvalue weighted by molar-refractivity contribution is 7.99. The number of hydrogen-bond donors (Lipinski definition) is 2. The second-order valence-electron chi connectivity index (χ2n) is 3.96. The summed E-state index contributed by atoms with van der Waals surface area (Å²) in [6.07, 6.45) is 1.19. The van der Waals surface area contributed by atoms with Crippen molar-refractivity contribution in [2.45, 2.75) is 18.2 Å². The van der Waals surface area contributed by atoms with Crippen molar-refractivity contribution in [2.75, 3.05) is 16.6 Å². The second kappa shape index (κ2) is 6.97. The molecule has 0 saturated heterocycles. The van der Waals surface area contributed by atoms with E-state index in [1.807, 2.05) is 48.2 Å². The van der Waals surface area contributed by atoms with Crippen molar-refractivity contribution >= 4 is 23.1 Å². The van der Waals surface area contributed by atoms with Crippen LogP contribution >= 0.6 is 11.8 Å². The minimum Gasteiger partial charge on any atom is -0.301 e. The second-order valence-corrected chi connectivity index (χ2v) is 5.10. The van der Waals surface area contributed by atoms with Crippen LogP contribution in [0.25, 0.3) is 0 Å². The largest absolute Gasteiger partial charge is 0.301 e. The molecule has 2 aromatic carbocycles. The molecule has 0 heterocycles. The smallest absolute Gasteiger partial charge is 0.0675 e. The molecule has 0 aliphatic carbocycles. The Kier molecular flexibility index (Phi) is 4.97. The van der Waals surface area contributed by atoms with Gasteiger partial charge in [0.15, 0.2) is 0 Å². The van der Waals surface area contributed by atoms with Crippen LogP contribution in [0.3, 0.4) is 0 Å².